The van der Waals surface area contributed by atoms with E-state index in [1.165, 1.54) is 0 Å². The van der Waals surface area contributed by atoms with Crippen LogP contribution in [-0.4, -0.2) is 21.0 Å². The van der Waals surface area contributed by atoms with Crippen LogP contribution >= 0.6 is 15.9 Å². The van der Waals surface area contributed by atoms with E-state index in [-0.39, 0.29) is 5.92 Å². The number of fused-ring (bicyclic) bond motifs is 1. The fourth-order valence-corrected chi connectivity index (χ4v) is 3.40. The van der Waals surface area contributed by atoms with Gasteiger partial charge in [0.2, 0.25) is 0 Å². The molecule has 0 unspecified atom stereocenters. The molecule has 0 radical (unpaired) electrons. The maximum atomic E-state index is 11.4. The number of benzene rings is 1. The van der Waals surface area contributed by atoms with Crippen LogP contribution in [0.4, 0.5) is 0 Å². The normalized spacial score (nSPS) is 22.3. The molecule has 20 heavy (non-hydrogen) atoms. The summed E-state index contributed by atoms with van der Waals surface area (Å²) in [6.45, 7) is 2.01. The van der Waals surface area contributed by atoms with Crippen molar-refractivity contribution in [1.29, 1.82) is 0 Å². The molecule has 1 aliphatic carbocycles. The third-order valence-corrected chi connectivity index (χ3v) is 4.32. The number of aliphatic carboxylic acids is 1. The van der Waals surface area contributed by atoms with Crippen LogP contribution in [0.15, 0.2) is 28.8 Å². The number of hydrogen-bond acceptors (Lipinski definition) is 2. The molecule has 0 amide bonds. The standard InChI is InChI=1S/C15H15BrN2O2/c1-8-6-9(16)7-12-13(8)18-14(17-12)10-4-2-3-5-11(10)15(19)20/h2-3,6-7,10-11H,4-5H2,1H3,(H,17,18)(H,19,20)/t10-,11+/m1/s1. The zero-order valence-electron chi connectivity index (χ0n) is 11.1. The Morgan fingerprint density at radius 1 is 1.40 bits per heavy atom. The Kier molecular flexibility index (Phi) is 3.38. The molecule has 104 valence electrons. The number of aromatic amines is 1. The number of carboxylic acid groups (broad SMARTS) is 1. The average Bonchev–Trinajstić information content (AvgIpc) is 2.82. The van der Waals surface area contributed by atoms with Crippen LogP contribution in [0.5, 0.6) is 0 Å². The Morgan fingerprint density at radius 3 is 2.90 bits per heavy atom. The highest BCUT2D eigenvalue weighted by Gasteiger charge is 2.32. The fraction of sp³-hybridized carbons (Fsp3) is 0.333. The molecule has 2 atom stereocenters. The van der Waals surface area contributed by atoms with Crippen LogP contribution in [0.1, 0.15) is 30.1 Å². The van der Waals surface area contributed by atoms with Gasteiger partial charge in [-0.1, -0.05) is 28.1 Å². The smallest absolute Gasteiger partial charge is 0.307 e. The highest BCUT2D eigenvalue weighted by Crippen LogP contribution is 2.35. The Hall–Kier alpha value is -1.62. The largest absolute Gasteiger partial charge is 0.481 e. The van der Waals surface area contributed by atoms with Crippen molar-refractivity contribution in [3.8, 4) is 0 Å². The highest BCUT2D eigenvalue weighted by atomic mass is 79.9. The van der Waals surface area contributed by atoms with E-state index in [4.69, 9.17) is 0 Å². The van der Waals surface area contributed by atoms with Crippen molar-refractivity contribution in [2.45, 2.75) is 25.7 Å². The maximum absolute atomic E-state index is 11.4. The second-order valence-corrected chi connectivity index (χ2v) is 6.15. The third-order valence-electron chi connectivity index (χ3n) is 3.86. The number of aromatic nitrogens is 2. The zero-order chi connectivity index (χ0) is 14.3. The van der Waals surface area contributed by atoms with Gasteiger partial charge in [0.1, 0.15) is 5.82 Å². The number of allylic oxidation sites excluding steroid dienone is 2. The molecule has 3 rings (SSSR count). The summed E-state index contributed by atoms with van der Waals surface area (Å²) < 4.78 is 0.996. The summed E-state index contributed by atoms with van der Waals surface area (Å²) in [7, 11) is 0. The molecule has 1 aromatic heterocycles. The van der Waals surface area contributed by atoms with E-state index in [1.807, 2.05) is 31.2 Å². The van der Waals surface area contributed by atoms with Gasteiger partial charge in [-0.15, -0.1) is 0 Å². The summed E-state index contributed by atoms with van der Waals surface area (Å²) in [5.41, 5.74) is 2.95. The van der Waals surface area contributed by atoms with Crippen molar-refractivity contribution in [1.82, 2.24) is 9.97 Å². The summed E-state index contributed by atoms with van der Waals surface area (Å²) in [6.07, 6.45) is 5.27. The molecule has 2 aromatic rings. The molecule has 0 saturated heterocycles. The third kappa shape index (κ3) is 2.26. The van der Waals surface area contributed by atoms with Gasteiger partial charge in [-0.25, -0.2) is 4.98 Å². The number of halogens is 1. The fourth-order valence-electron chi connectivity index (χ4n) is 2.83. The Morgan fingerprint density at radius 2 is 2.15 bits per heavy atom. The van der Waals surface area contributed by atoms with E-state index in [9.17, 15) is 9.90 Å². The Balaban J connectivity index is 2.07. The highest BCUT2D eigenvalue weighted by molar-refractivity contribution is 9.10. The quantitative estimate of drug-likeness (QED) is 0.821. The van der Waals surface area contributed by atoms with E-state index in [1.54, 1.807) is 0 Å². The lowest BCUT2D eigenvalue weighted by atomic mass is 9.82. The van der Waals surface area contributed by atoms with Gasteiger partial charge >= 0.3 is 5.97 Å². The predicted octanol–water partition coefficient (Wildman–Crippen LogP) is 3.77. The number of nitrogens with zero attached hydrogens (tertiary/aromatic N) is 1. The Bertz CT molecular complexity index is 705. The van der Waals surface area contributed by atoms with E-state index in [2.05, 4.69) is 25.9 Å². The lowest BCUT2D eigenvalue weighted by Gasteiger charge is -2.23. The second-order valence-electron chi connectivity index (χ2n) is 5.23. The predicted molar refractivity (Wildman–Crippen MR) is 80.8 cm³/mol. The molecule has 0 bridgehead atoms. The average molecular weight is 335 g/mol. The van der Waals surface area contributed by atoms with Crippen molar-refractivity contribution < 1.29 is 9.90 Å². The molecular weight excluding hydrogens is 320 g/mol. The van der Waals surface area contributed by atoms with E-state index in [0.717, 1.165) is 33.3 Å². The van der Waals surface area contributed by atoms with Crippen LogP contribution in [-0.2, 0) is 4.79 Å². The van der Waals surface area contributed by atoms with Crippen LogP contribution in [0, 0.1) is 12.8 Å². The van der Waals surface area contributed by atoms with Gasteiger partial charge in [-0.2, -0.15) is 0 Å². The van der Waals surface area contributed by atoms with Crippen LogP contribution < -0.4 is 0 Å². The molecule has 0 aliphatic heterocycles. The van der Waals surface area contributed by atoms with Crippen molar-refractivity contribution >= 4 is 32.9 Å². The number of hydrogen-bond donors (Lipinski definition) is 2. The van der Waals surface area contributed by atoms with Gasteiger partial charge in [0.15, 0.2) is 0 Å². The summed E-state index contributed by atoms with van der Waals surface area (Å²) in [6, 6.07) is 4.00. The van der Waals surface area contributed by atoms with Crippen molar-refractivity contribution in [3.05, 3.63) is 40.1 Å². The van der Waals surface area contributed by atoms with Gasteiger partial charge in [0.25, 0.3) is 0 Å². The summed E-state index contributed by atoms with van der Waals surface area (Å²) in [5, 5.41) is 9.36. The zero-order valence-corrected chi connectivity index (χ0v) is 12.6. The topological polar surface area (TPSA) is 66.0 Å². The molecule has 4 nitrogen and oxygen atoms in total. The first kappa shape index (κ1) is 13.4. The van der Waals surface area contributed by atoms with E-state index in [0.29, 0.717) is 6.42 Å². The Labute approximate surface area is 125 Å². The van der Waals surface area contributed by atoms with Gasteiger partial charge in [-0.05, 0) is 37.5 Å². The number of H-pyrrole nitrogens is 1. The maximum Gasteiger partial charge on any atom is 0.307 e. The van der Waals surface area contributed by atoms with Crippen molar-refractivity contribution in [3.63, 3.8) is 0 Å². The number of carboxylic acids is 1. The minimum Gasteiger partial charge on any atom is -0.481 e. The van der Waals surface area contributed by atoms with Gasteiger partial charge < -0.3 is 10.1 Å². The molecule has 5 heteroatoms. The molecular formula is C15H15BrN2O2. The number of carbonyl (C=O) groups is 1. The van der Waals surface area contributed by atoms with E-state index >= 15 is 0 Å². The van der Waals surface area contributed by atoms with Gasteiger partial charge in [0, 0.05) is 10.4 Å². The van der Waals surface area contributed by atoms with Crippen LogP contribution in [0.2, 0.25) is 0 Å². The molecule has 1 aromatic carbocycles. The molecule has 0 saturated carbocycles. The minimum absolute atomic E-state index is 0.0805. The van der Waals surface area contributed by atoms with Gasteiger partial charge in [-0.3, -0.25) is 4.79 Å². The number of imidazole rings is 1. The monoisotopic (exact) mass is 334 g/mol. The first-order valence-electron chi connectivity index (χ1n) is 6.60. The molecule has 1 heterocycles. The van der Waals surface area contributed by atoms with Gasteiger partial charge in [0.05, 0.1) is 17.0 Å². The van der Waals surface area contributed by atoms with Crippen LogP contribution in [0.3, 0.4) is 0 Å². The molecule has 1 aliphatic rings. The number of nitrogens with one attached hydrogen (secondary N) is 1. The first-order chi connectivity index (χ1) is 9.56. The summed E-state index contributed by atoms with van der Waals surface area (Å²) >= 11 is 3.47. The number of aryl methyl sites for hydroxylation is 1. The second kappa shape index (κ2) is 5.05. The lowest BCUT2D eigenvalue weighted by molar-refractivity contribution is -0.142. The van der Waals surface area contributed by atoms with E-state index < -0.39 is 11.9 Å². The number of rotatable bonds is 2. The van der Waals surface area contributed by atoms with Crippen LogP contribution in [0.25, 0.3) is 11.0 Å². The first-order valence-corrected chi connectivity index (χ1v) is 7.39. The molecule has 0 spiro atoms. The SMILES string of the molecule is Cc1cc(Br)cc2[nH]c([C@@H]3CC=CC[C@@H]3C(=O)O)nc12. The summed E-state index contributed by atoms with van der Waals surface area (Å²) in [5.74, 6) is -0.456. The molecule has 2 N–H and O–H groups in total. The summed E-state index contributed by atoms with van der Waals surface area (Å²) in [4.78, 5) is 19.3. The molecule has 0 fully saturated rings. The minimum atomic E-state index is -0.752. The lowest BCUT2D eigenvalue weighted by Crippen LogP contribution is -2.24. The van der Waals surface area contributed by atoms with Crippen molar-refractivity contribution in [2.24, 2.45) is 5.92 Å². The van der Waals surface area contributed by atoms with Crippen molar-refractivity contribution in [2.75, 3.05) is 0 Å².